The van der Waals surface area contributed by atoms with Gasteiger partial charge < -0.3 is 14.3 Å². The lowest BCUT2D eigenvalue weighted by Crippen LogP contribution is -2.29. The Morgan fingerprint density at radius 3 is 2.44 bits per heavy atom. The molecule has 0 spiro atoms. The molecule has 1 fully saturated rings. The number of methoxy groups -OCH3 is 1. The highest BCUT2D eigenvalue weighted by Crippen LogP contribution is 2.43. The fourth-order valence-corrected chi connectivity index (χ4v) is 3.86. The van der Waals surface area contributed by atoms with Crippen molar-refractivity contribution in [3.8, 4) is 5.75 Å². The minimum atomic E-state index is -1.18. The van der Waals surface area contributed by atoms with E-state index in [4.69, 9.17) is 9.15 Å². The largest absolute Gasteiger partial charge is 0.507 e. The predicted molar refractivity (Wildman–Crippen MR) is 112 cm³/mol. The third-order valence-electron chi connectivity index (χ3n) is 5.44. The lowest BCUT2D eigenvalue weighted by Gasteiger charge is -2.23. The van der Waals surface area contributed by atoms with Crippen LogP contribution in [0, 0.1) is 25.5 Å². The summed E-state index contributed by atoms with van der Waals surface area (Å²) in [4.78, 5) is 27.0. The molecule has 1 atom stereocenters. The number of carbonyl (C=O) groups excluding carboxylic acids is 2. The Hall–Kier alpha value is -3.94. The molecule has 8 heteroatoms. The van der Waals surface area contributed by atoms with E-state index in [0.29, 0.717) is 22.4 Å². The highest BCUT2D eigenvalue weighted by Gasteiger charge is 2.48. The van der Waals surface area contributed by atoms with E-state index in [1.807, 2.05) is 0 Å². The maximum absolute atomic E-state index is 13.9. The maximum atomic E-state index is 13.9. The number of furan rings is 1. The molecule has 1 N–H and O–H groups in total. The highest BCUT2D eigenvalue weighted by atomic mass is 19.2. The first-order valence-corrected chi connectivity index (χ1v) is 9.69. The van der Waals surface area contributed by atoms with Gasteiger partial charge in [-0.2, -0.15) is 0 Å². The van der Waals surface area contributed by atoms with Crippen LogP contribution < -0.4 is 9.64 Å². The fourth-order valence-electron chi connectivity index (χ4n) is 3.86. The quantitative estimate of drug-likeness (QED) is 0.359. The minimum absolute atomic E-state index is 0.0471. The summed E-state index contributed by atoms with van der Waals surface area (Å²) < 4.78 is 38.1. The summed E-state index contributed by atoms with van der Waals surface area (Å²) in [5, 5.41) is 11.2. The molecule has 1 amide bonds. The first-order chi connectivity index (χ1) is 15.2. The van der Waals surface area contributed by atoms with E-state index in [1.165, 1.54) is 25.5 Å². The van der Waals surface area contributed by atoms with Crippen molar-refractivity contribution in [1.29, 1.82) is 0 Å². The van der Waals surface area contributed by atoms with Crippen LogP contribution in [-0.4, -0.2) is 23.9 Å². The van der Waals surface area contributed by atoms with Crippen LogP contribution in [0.3, 0.4) is 0 Å². The Kier molecular flexibility index (Phi) is 5.30. The van der Waals surface area contributed by atoms with Gasteiger partial charge in [-0.1, -0.05) is 0 Å². The second-order valence-electron chi connectivity index (χ2n) is 7.42. The topological polar surface area (TPSA) is 80.0 Å². The number of ketones is 1. The van der Waals surface area contributed by atoms with Crippen molar-refractivity contribution in [2.75, 3.05) is 12.0 Å². The van der Waals surface area contributed by atoms with Crippen molar-refractivity contribution < 1.29 is 32.6 Å². The van der Waals surface area contributed by atoms with E-state index in [2.05, 4.69) is 0 Å². The number of carbonyl (C=O) groups is 2. The van der Waals surface area contributed by atoms with Gasteiger partial charge in [-0.3, -0.25) is 14.5 Å². The Labute approximate surface area is 182 Å². The number of hydrogen-bond acceptors (Lipinski definition) is 5. The van der Waals surface area contributed by atoms with Gasteiger partial charge in [0, 0.05) is 17.3 Å². The summed E-state index contributed by atoms with van der Waals surface area (Å²) in [5.74, 6) is -3.86. The molecule has 1 aliphatic heterocycles. The summed E-state index contributed by atoms with van der Waals surface area (Å²) in [5.41, 5.74) is 1.39. The first-order valence-electron chi connectivity index (χ1n) is 9.69. The molecule has 2 aromatic carbocycles. The van der Waals surface area contributed by atoms with Crippen molar-refractivity contribution in [3.63, 3.8) is 0 Å². The Bertz CT molecular complexity index is 1260. The van der Waals surface area contributed by atoms with Gasteiger partial charge in [0.15, 0.2) is 11.6 Å². The summed E-state index contributed by atoms with van der Waals surface area (Å²) >= 11 is 0. The van der Waals surface area contributed by atoms with Gasteiger partial charge in [0.2, 0.25) is 0 Å². The number of anilines is 1. The number of aliphatic hydroxyl groups excluding tert-OH is 1. The van der Waals surface area contributed by atoms with Crippen LogP contribution in [0.4, 0.5) is 14.5 Å². The molecule has 1 aliphatic rings. The molecule has 0 bridgehead atoms. The third kappa shape index (κ3) is 3.33. The van der Waals surface area contributed by atoms with Crippen molar-refractivity contribution in [2.24, 2.45) is 0 Å². The number of rotatable bonds is 4. The smallest absolute Gasteiger partial charge is 0.300 e. The highest BCUT2D eigenvalue weighted by molar-refractivity contribution is 6.51. The molecule has 3 aromatic rings. The fraction of sp³-hybridized carbons (Fsp3) is 0.167. The van der Waals surface area contributed by atoms with Gasteiger partial charge in [0.1, 0.15) is 23.3 Å². The van der Waals surface area contributed by atoms with Gasteiger partial charge >= 0.3 is 0 Å². The number of halogens is 2. The molecule has 0 saturated carbocycles. The first kappa shape index (κ1) is 21.3. The van der Waals surface area contributed by atoms with Gasteiger partial charge in [0.05, 0.1) is 18.9 Å². The molecule has 164 valence electrons. The van der Waals surface area contributed by atoms with E-state index < -0.39 is 35.1 Å². The molecule has 32 heavy (non-hydrogen) atoms. The zero-order valence-corrected chi connectivity index (χ0v) is 17.5. The molecule has 1 saturated heterocycles. The van der Waals surface area contributed by atoms with Crippen LogP contribution in [-0.2, 0) is 9.59 Å². The van der Waals surface area contributed by atoms with Gasteiger partial charge in [-0.15, -0.1) is 0 Å². The molecule has 4 rings (SSSR count). The van der Waals surface area contributed by atoms with E-state index >= 15 is 0 Å². The SMILES string of the molecule is COc1cc(C)c(/C(O)=C2/C(=O)C(=O)N(c3ccc(F)c(F)c3)C2c2ccco2)cc1C. The number of nitrogens with zero attached hydrogens (tertiary/aromatic N) is 1. The molecular formula is C24H19F2NO5. The number of hydrogen-bond donors (Lipinski definition) is 1. The average molecular weight is 439 g/mol. The summed E-state index contributed by atoms with van der Waals surface area (Å²) in [6.07, 6.45) is 1.35. The van der Waals surface area contributed by atoms with Crippen molar-refractivity contribution >= 4 is 23.1 Å². The van der Waals surface area contributed by atoms with Crippen LogP contribution in [0.25, 0.3) is 5.76 Å². The van der Waals surface area contributed by atoms with Crippen LogP contribution in [0.1, 0.15) is 28.5 Å². The summed E-state index contributed by atoms with van der Waals surface area (Å²) in [7, 11) is 1.52. The minimum Gasteiger partial charge on any atom is -0.507 e. The molecule has 0 aliphatic carbocycles. The van der Waals surface area contributed by atoms with E-state index in [-0.39, 0.29) is 17.0 Å². The lowest BCUT2D eigenvalue weighted by molar-refractivity contribution is -0.132. The number of aryl methyl sites for hydroxylation is 2. The second kappa shape index (κ2) is 7.96. The lowest BCUT2D eigenvalue weighted by atomic mass is 9.95. The van der Waals surface area contributed by atoms with Gasteiger partial charge in [-0.25, -0.2) is 8.78 Å². The number of ether oxygens (including phenoxy) is 1. The number of Topliss-reactive ketones (excluding diaryl/α,β-unsaturated/α-hetero) is 1. The zero-order chi connectivity index (χ0) is 23.2. The van der Waals surface area contributed by atoms with Crippen LogP contribution in [0.5, 0.6) is 5.75 Å². The number of aliphatic hydroxyl groups is 1. The van der Waals surface area contributed by atoms with Crippen LogP contribution in [0.15, 0.2) is 58.7 Å². The van der Waals surface area contributed by atoms with E-state index in [0.717, 1.165) is 17.0 Å². The molecule has 1 unspecified atom stereocenters. The van der Waals surface area contributed by atoms with Gasteiger partial charge in [0.25, 0.3) is 11.7 Å². The molecule has 1 aromatic heterocycles. The van der Waals surface area contributed by atoms with E-state index in [9.17, 15) is 23.5 Å². The molecule has 2 heterocycles. The van der Waals surface area contributed by atoms with E-state index in [1.54, 1.807) is 32.0 Å². The summed E-state index contributed by atoms with van der Waals surface area (Å²) in [6.45, 7) is 3.50. The van der Waals surface area contributed by atoms with Crippen molar-refractivity contribution in [3.05, 3.63) is 88.4 Å². The Balaban J connectivity index is 1.95. The molecular weight excluding hydrogens is 420 g/mol. The average Bonchev–Trinajstić information content (AvgIpc) is 3.38. The third-order valence-corrected chi connectivity index (χ3v) is 5.44. The number of amides is 1. The molecule has 0 radical (unpaired) electrons. The Morgan fingerprint density at radius 1 is 1.06 bits per heavy atom. The Morgan fingerprint density at radius 2 is 1.81 bits per heavy atom. The predicted octanol–water partition coefficient (Wildman–Crippen LogP) is 4.81. The zero-order valence-electron chi connectivity index (χ0n) is 17.5. The number of benzene rings is 2. The monoisotopic (exact) mass is 439 g/mol. The van der Waals surface area contributed by atoms with Crippen molar-refractivity contribution in [2.45, 2.75) is 19.9 Å². The summed E-state index contributed by atoms with van der Waals surface area (Å²) in [6, 6.07) is 8.14. The standard InChI is InChI=1S/C24H19F2NO5/c1-12-10-19(31-3)13(2)9-15(12)22(28)20-21(18-5-4-8-32-18)27(24(30)23(20)29)14-6-7-16(25)17(26)11-14/h4-11,21,28H,1-3H3/b22-20-. The molecule has 6 nitrogen and oxygen atoms in total. The van der Waals surface area contributed by atoms with Crippen LogP contribution >= 0.6 is 0 Å². The second-order valence-corrected chi connectivity index (χ2v) is 7.42. The maximum Gasteiger partial charge on any atom is 0.300 e. The van der Waals surface area contributed by atoms with Crippen LogP contribution in [0.2, 0.25) is 0 Å². The normalized spacial score (nSPS) is 17.8. The van der Waals surface area contributed by atoms with Crippen molar-refractivity contribution in [1.82, 2.24) is 0 Å². The van der Waals surface area contributed by atoms with Gasteiger partial charge in [-0.05, 0) is 61.4 Å².